The molecule has 0 radical (unpaired) electrons. The lowest BCUT2D eigenvalue weighted by atomic mass is 10.2. The van der Waals surface area contributed by atoms with Gasteiger partial charge in [0.1, 0.15) is 5.82 Å². The molecular weight excluding hydrogens is 209 g/mol. The first-order chi connectivity index (χ1) is 7.81. The van der Waals surface area contributed by atoms with Gasteiger partial charge in [-0.3, -0.25) is 0 Å². The second-order valence-electron chi connectivity index (χ2n) is 3.38. The Morgan fingerprint density at radius 3 is 3.00 bits per heavy atom. The summed E-state index contributed by atoms with van der Waals surface area (Å²) in [6.45, 7) is 0.579. The van der Waals surface area contributed by atoms with Crippen molar-refractivity contribution in [3.8, 4) is 5.69 Å². The van der Waals surface area contributed by atoms with Crippen molar-refractivity contribution >= 4 is 0 Å². The summed E-state index contributed by atoms with van der Waals surface area (Å²) in [7, 11) is 0. The van der Waals surface area contributed by atoms with Gasteiger partial charge in [-0.2, -0.15) is 4.68 Å². The quantitative estimate of drug-likeness (QED) is 0.824. The SMILES string of the molecule is NCCCc1nnnn1-c1cccc(F)c1. The van der Waals surface area contributed by atoms with E-state index in [9.17, 15) is 4.39 Å². The summed E-state index contributed by atoms with van der Waals surface area (Å²) in [5.41, 5.74) is 6.04. The van der Waals surface area contributed by atoms with E-state index in [0.29, 0.717) is 24.5 Å². The number of benzene rings is 1. The second kappa shape index (κ2) is 4.80. The van der Waals surface area contributed by atoms with Gasteiger partial charge in [0.15, 0.2) is 5.82 Å². The fourth-order valence-electron chi connectivity index (χ4n) is 1.43. The van der Waals surface area contributed by atoms with Crippen molar-refractivity contribution < 1.29 is 4.39 Å². The van der Waals surface area contributed by atoms with Crippen molar-refractivity contribution in [1.29, 1.82) is 0 Å². The maximum atomic E-state index is 13.0. The van der Waals surface area contributed by atoms with Crippen molar-refractivity contribution in [2.24, 2.45) is 5.73 Å². The van der Waals surface area contributed by atoms with Crippen LogP contribution in [-0.2, 0) is 6.42 Å². The minimum absolute atomic E-state index is 0.308. The first-order valence-electron chi connectivity index (χ1n) is 5.04. The minimum Gasteiger partial charge on any atom is -0.330 e. The first-order valence-corrected chi connectivity index (χ1v) is 5.04. The number of hydrogen-bond donors (Lipinski definition) is 1. The third kappa shape index (κ3) is 2.22. The van der Waals surface area contributed by atoms with Crippen molar-refractivity contribution in [1.82, 2.24) is 20.2 Å². The zero-order valence-electron chi connectivity index (χ0n) is 8.67. The van der Waals surface area contributed by atoms with E-state index in [4.69, 9.17) is 5.73 Å². The Morgan fingerprint density at radius 2 is 2.25 bits per heavy atom. The summed E-state index contributed by atoms with van der Waals surface area (Å²) < 4.78 is 14.6. The Hall–Kier alpha value is -1.82. The van der Waals surface area contributed by atoms with Crippen LogP contribution in [0.4, 0.5) is 4.39 Å². The summed E-state index contributed by atoms with van der Waals surface area (Å²) in [5, 5.41) is 11.3. The van der Waals surface area contributed by atoms with Crippen LogP contribution >= 0.6 is 0 Å². The molecule has 0 amide bonds. The minimum atomic E-state index is -0.308. The third-order valence-electron chi connectivity index (χ3n) is 2.19. The summed E-state index contributed by atoms with van der Waals surface area (Å²) in [5.74, 6) is 0.383. The molecule has 2 rings (SSSR count). The molecule has 0 bridgehead atoms. The third-order valence-corrected chi connectivity index (χ3v) is 2.19. The number of halogens is 1. The molecular formula is C10H12FN5. The van der Waals surface area contributed by atoms with E-state index in [1.165, 1.54) is 16.8 Å². The van der Waals surface area contributed by atoms with Gasteiger partial charge in [0.25, 0.3) is 0 Å². The van der Waals surface area contributed by atoms with Gasteiger partial charge in [0.05, 0.1) is 5.69 Å². The molecule has 0 aliphatic heterocycles. The fourth-order valence-corrected chi connectivity index (χ4v) is 1.43. The van der Waals surface area contributed by atoms with E-state index in [0.717, 1.165) is 6.42 Å². The highest BCUT2D eigenvalue weighted by Crippen LogP contribution is 2.10. The normalized spacial score (nSPS) is 10.6. The number of aromatic nitrogens is 4. The average molecular weight is 221 g/mol. The van der Waals surface area contributed by atoms with Gasteiger partial charge in [0, 0.05) is 6.42 Å². The van der Waals surface area contributed by atoms with E-state index in [1.54, 1.807) is 12.1 Å². The van der Waals surface area contributed by atoms with Crippen LogP contribution in [0.25, 0.3) is 5.69 Å². The van der Waals surface area contributed by atoms with Crippen LogP contribution in [0.5, 0.6) is 0 Å². The van der Waals surface area contributed by atoms with Crippen LogP contribution < -0.4 is 5.73 Å². The summed E-state index contributed by atoms with van der Waals surface area (Å²) >= 11 is 0. The maximum absolute atomic E-state index is 13.0. The average Bonchev–Trinajstić information content (AvgIpc) is 2.74. The molecule has 1 aromatic carbocycles. The van der Waals surface area contributed by atoms with Crippen LogP contribution in [0, 0.1) is 5.82 Å². The zero-order valence-corrected chi connectivity index (χ0v) is 8.67. The number of aryl methyl sites for hydroxylation is 1. The molecule has 6 heteroatoms. The molecule has 0 fully saturated rings. The maximum Gasteiger partial charge on any atom is 0.156 e. The molecule has 16 heavy (non-hydrogen) atoms. The van der Waals surface area contributed by atoms with E-state index in [-0.39, 0.29) is 5.82 Å². The molecule has 2 aromatic rings. The van der Waals surface area contributed by atoms with Crippen LogP contribution in [-0.4, -0.2) is 26.8 Å². The molecule has 84 valence electrons. The number of tetrazole rings is 1. The Kier molecular flexibility index (Phi) is 3.21. The number of hydrogen-bond acceptors (Lipinski definition) is 4. The van der Waals surface area contributed by atoms with Crippen molar-refractivity contribution in [3.63, 3.8) is 0 Å². The summed E-state index contributed by atoms with van der Waals surface area (Å²) in [4.78, 5) is 0. The predicted octanol–water partition coefficient (Wildman–Crippen LogP) is 0.693. The Balaban J connectivity index is 2.29. The molecule has 0 aliphatic rings. The summed E-state index contributed by atoms with van der Waals surface area (Å²) in [6.07, 6.45) is 1.48. The van der Waals surface area contributed by atoms with Crippen molar-refractivity contribution in [2.45, 2.75) is 12.8 Å². The van der Waals surface area contributed by atoms with Gasteiger partial charge in [-0.05, 0) is 41.6 Å². The molecule has 0 atom stereocenters. The second-order valence-corrected chi connectivity index (χ2v) is 3.38. The van der Waals surface area contributed by atoms with Gasteiger partial charge in [0.2, 0.25) is 0 Å². The largest absolute Gasteiger partial charge is 0.330 e. The van der Waals surface area contributed by atoms with Gasteiger partial charge < -0.3 is 5.73 Å². The lowest BCUT2D eigenvalue weighted by Gasteiger charge is -2.03. The zero-order chi connectivity index (χ0) is 11.4. The Morgan fingerprint density at radius 1 is 1.38 bits per heavy atom. The molecule has 0 saturated heterocycles. The highest BCUT2D eigenvalue weighted by molar-refractivity contribution is 5.31. The Labute approximate surface area is 92.1 Å². The van der Waals surface area contributed by atoms with E-state index >= 15 is 0 Å². The lowest BCUT2D eigenvalue weighted by Crippen LogP contribution is -2.07. The molecule has 0 spiro atoms. The van der Waals surface area contributed by atoms with Gasteiger partial charge in [-0.1, -0.05) is 6.07 Å². The molecule has 5 nitrogen and oxygen atoms in total. The molecule has 0 saturated carbocycles. The van der Waals surface area contributed by atoms with E-state index in [2.05, 4.69) is 15.5 Å². The van der Waals surface area contributed by atoms with Gasteiger partial charge in [-0.25, -0.2) is 4.39 Å². The van der Waals surface area contributed by atoms with Crippen molar-refractivity contribution in [2.75, 3.05) is 6.54 Å². The fraction of sp³-hybridized carbons (Fsp3) is 0.300. The molecule has 1 heterocycles. The number of nitrogens with two attached hydrogens (primary N) is 1. The predicted molar refractivity (Wildman–Crippen MR) is 56.5 cm³/mol. The smallest absolute Gasteiger partial charge is 0.156 e. The molecule has 0 aliphatic carbocycles. The molecule has 2 N–H and O–H groups in total. The summed E-state index contributed by atoms with van der Waals surface area (Å²) in [6, 6.07) is 6.15. The van der Waals surface area contributed by atoms with Gasteiger partial charge >= 0.3 is 0 Å². The molecule has 1 aromatic heterocycles. The standard InChI is InChI=1S/C10H12FN5/c11-8-3-1-4-9(7-8)16-10(5-2-6-12)13-14-15-16/h1,3-4,7H,2,5-6,12H2. The number of rotatable bonds is 4. The number of nitrogens with zero attached hydrogens (tertiary/aromatic N) is 4. The van der Waals surface area contributed by atoms with Crippen molar-refractivity contribution in [3.05, 3.63) is 35.9 Å². The lowest BCUT2D eigenvalue weighted by molar-refractivity contribution is 0.623. The topological polar surface area (TPSA) is 69.6 Å². The first kappa shape index (κ1) is 10.7. The highest BCUT2D eigenvalue weighted by Gasteiger charge is 2.07. The highest BCUT2D eigenvalue weighted by atomic mass is 19.1. The molecule has 0 unspecified atom stereocenters. The van der Waals surface area contributed by atoms with Crippen LogP contribution in [0.1, 0.15) is 12.2 Å². The van der Waals surface area contributed by atoms with Gasteiger partial charge in [-0.15, -0.1) is 5.10 Å². The Bertz CT molecular complexity index is 468. The van der Waals surface area contributed by atoms with E-state index in [1.807, 2.05) is 0 Å². The van der Waals surface area contributed by atoms with Crippen LogP contribution in [0.3, 0.4) is 0 Å². The van der Waals surface area contributed by atoms with Crippen LogP contribution in [0.2, 0.25) is 0 Å². The van der Waals surface area contributed by atoms with Crippen LogP contribution in [0.15, 0.2) is 24.3 Å². The monoisotopic (exact) mass is 221 g/mol. The van der Waals surface area contributed by atoms with E-state index < -0.39 is 0 Å².